The first kappa shape index (κ1) is 16.0. The van der Waals surface area contributed by atoms with Crippen LogP contribution in [0, 0.1) is 17.0 Å². The quantitative estimate of drug-likeness (QED) is 0.513. The number of thioether (sulfide) groups is 1. The maximum atomic E-state index is 12.2. The highest BCUT2D eigenvalue weighted by Gasteiger charge is 2.16. The van der Waals surface area contributed by atoms with E-state index in [9.17, 15) is 14.9 Å². The molecule has 0 aliphatic carbocycles. The van der Waals surface area contributed by atoms with Gasteiger partial charge in [0.05, 0.1) is 10.2 Å². The first-order chi connectivity index (χ1) is 10.5. The van der Waals surface area contributed by atoms with Crippen molar-refractivity contribution in [2.45, 2.75) is 24.0 Å². The highest BCUT2D eigenvalue weighted by molar-refractivity contribution is 8.00. The van der Waals surface area contributed by atoms with Gasteiger partial charge in [-0.25, -0.2) is 0 Å². The fraction of sp³-hybridized carbons (Fsp3) is 0.188. The van der Waals surface area contributed by atoms with Gasteiger partial charge in [0.15, 0.2) is 0 Å². The van der Waals surface area contributed by atoms with Gasteiger partial charge in [0.25, 0.3) is 5.69 Å². The molecule has 5 nitrogen and oxygen atoms in total. The van der Waals surface area contributed by atoms with Crippen LogP contribution in [0.3, 0.4) is 0 Å². The molecule has 0 saturated carbocycles. The summed E-state index contributed by atoms with van der Waals surface area (Å²) in [5.41, 5.74) is 1.84. The number of benzene rings is 2. The minimum Gasteiger partial charge on any atom is -0.325 e. The summed E-state index contributed by atoms with van der Waals surface area (Å²) in [6, 6.07) is 13.8. The van der Waals surface area contributed by atoms with Gasteiger partial charge in [-0.2, -0.15) is 0 Å². The summed E-state index contributed by atoms with van der Waals surface area (Å²) in [4.78, 5) is 23.2. The zero-order valence-electron chi connectivity index (χ0n) is 12.3. The first-order valence-electron chi connectivity index (χ1n) is 6.75. The van der Waals surface area contributed by atoms with Crippen LogP contribution in [0.25, 0.3) is 0 Å². The zero-order chi connectivity index (χ0) is 16.1. The third-order valence-electron chi connectivity index (χ3n) is 3.13. The van der Waals surface area contributed by atoms with Crippen molar-refractivity contribution in [2.75, 3.05) is 5.32 Å². The summed E-state index contributed by atoms with van der Waals surface area (Å²) in [6.07, 6.45) is 0. The number of nitro benzene ring substituents is 1. The molecule has 22 heavy (non-hydrogen) atoms. The largest absolute Gasteiger partial charge is 0.325 e. The number of carbonyl (C=O) groups is 1. The van der Waals surface area contributed by atoms with E-state index in [2.05, 4.69) is 5.32 Å². The molecule has 1 N–H and O–H groups in total. The third kappa shape index (κ3) is 4.08. The molecule has 1 amide bonds. The Labute approximate surface area is 132 Å². The fourth-order valence-corrected chi connectivity index (χ4v) is 2.72. The van der Waals surface area contributed by atoms with Crippen LogP contribution in [-0.2, 0) is 4.79 Å². The monoisotopic (exact) mass is 316 g/mol. The maximum Gasteiger partial charge on any atom is 0.269 e. The van der Waals surface area contributed by atoms with E-state index >= 15 is 0 Å². The van der Waals surface area contributed by atoms with Gasteiger partial charge in [0.1, 0.15) is 0 Å². The highest BCUT2D eigenvalue weighted by atomic mass is 32.2. The van der Waals surface area contributed by atoms with Crippen molar-refractivity contribution in [3.8, 4) is 0 Å². The van der Waals surface area contributed by atoms with E-state index in [1.165, 1.54) is 23.9 Å². The van der Waals surface area contributed by atoms with Crippen molar-refractivity contribution in [1.82, 2.24) is 0 Å². The standard InChI is InChI=1S/C16H16N2O3S/c1-11-5-3-4-6-15(11)17-16(19)12(2)22-14-9-7-13(8-10-14)18(20)21/h3-10,12H,1-2H3,(H,17,19)/t12-/m0/s1. The molecule has 0 heterocycles. The van der Waals surface area contributed by atoms with Crippen molar-refractivity contribution in [2.24, 2.45) is 0 Å². The van der Waals surface area contributed by atoms with E-state index < -0.39 is 4.92 Å². The molecular weight excluding hydrogens is 300 g/mol. The van der Waals surface area contributed by atoms with Crippen molar-refractivity contribution in [3.05, 3.63) is 64.2 Å². The Morgan fingerprint density at radius 1 is 1.18 bits per heavy atom. The molecule has 0 unspecified atom stereocenters. The van der Waals surface area contributed by atoms with Crippen LogP contribution < -0.4 is 5.32 Å². The smallest absolute Gasteiger partial charge is 0.269 e. The number of hydrogen-bond acceptors (Lipinski definition) is 4. The van der Waals surface area contributed by atoms with Gasteiger partial charge in [-0.1, -0.05) is 18.2 Å². The first-order valence-corrected chi connectivity index (χ1v) is 7.63. The zero-order valence-corrected chi connectivity index (χ0v) is 13.1. The summed E-state index contributed by atoms with van der Waals surface area (Å²) >= 11 is 1.36. The molecule has 0 saturated heterocycles. The molecule has 0 aliphatic rings. The molecule has 0 aromatic heterocycles. The van der Waals surface area contributed by atoms with Gasteiger partial charge in [-0.3, -0.25) is 14.9 Å². The fourth-order valence-electron chi connectivity index (χ4n) is 1.85. The van der Waals surface area contributed by atoms with Crippen LogP contribution in [0.2, 0.25) is 0 Å². The summed E-state index contributed by atoms with van der Waals surface area (Å²) in [7, 11) is 0. The molecule has 0 spiro atoms. The average Bonchev–Trinajstić information content (AvgIpc) is 2.50. The summed E-state index contributed by atoms with van der Waals surface area (Å²) in [6.45, 7) is 3.74. The van der Waals surface area contributed by atoms with Crippen LogP contribution in [0.1, 0.15) is 12.5 Å². The number of nitrogens with one attached hydrogen (secondary N) is 1. The van der Waals surface area contributed by atoms with Crippen molar-refractivity contribution in [3.63, 3.8) is 0 Å². The van der Waals surface area contributed by atoms with E-state index in [4.69, 9.17) is 0 Å². The third-order valence-corrected chi connectivity index (χ3v) is 4.24. The van der Waals surface area contributed by atoms with E-state index in [1.54, 1.807) is 19.1 Å². The molecule has 0 aliphatic heterocycles. The normalized spacial score (nSPS) is 11.7. The predicted octanol–water partition coefficient (Wildman–Crippen LogP) is 4.02. The van der Waals surface area contributed by atoms with Gasteiger partial charge < -0.3 is 5.32 Å². The van der Waals surface area contributed by atoms with Crippen LogP contribution in [0.15, 0.2) is 53.4 Å². The number of non-ortho nitro benzene ring substituents is 1. The van der Waals surface area contributed by atoms with Crippen LogP contribution in [0.5, 0.6) is 0 Å². The lowest BCUT2D eigenvalue weighted by atomic mass is 10.2. The maximum absolute atomic E-state index is 12.2. The van der Waals surface area contributed by atoms with Crippen LogP contribution in [0.4, 0.5) is 11.4 Å². The number of aryl methyl sites for hydroxylation is 1. The van der Waals surface area contributed by atoms with Crippen molar-refractivity contribution >= 4 is 29.0 Å². The number of rotatable bonds is 5. The van der Waals surface area contributed by atoms with Crippen LogP contribution >= 0.6 is 11.8 Å². The number of nitrogens with zero attached hydrogens (tertiary/aromatic N) is 1. The second-order valence-electron chi connectivity index (χ2n) is 4.82. The Hall–Kier alpha value is -2.34. The lowest BCUT2D eigenvalue weighted by Gasteiger charge is -2.13. The molecule has 0 bridgehead atoms. The number of hydrogen-bond donors (Lipinski definition) is 1. The Morgan fingerprint density at radius 3 is 2.41 bits per heavy atom. The van der Waals surface area contributed by atoms with E-state index in [-0.39, 0.29) is 16.8 Å². The number of carbonyl (C=O) groups excluding carboxylic acids is 1. The van der Waals surface area contributed by atoms with E-state index in [0.29, 0.717) is 0 Å². The van der Waals surface area contributed by atoms with Gasteiger partial charge >= 0.3 is 0 Å². The van der Waals surface area contributed by atoms with E-state index in [0.717, 1.165) is 16.1 Å². The minimum absolute atomic E-state index is 0.0429. The van der Waals surface area contributed by atoms with Gasteiger partial charge in [0, 0.05) is 22.7 Å². The molecule has 2 aromatic rings. The Morgan fingerprint density at radius 2 is 1.82 bits per heavy atom. The van der Waals surface area contributed by atoms with E-state index in [1.807, 2.05) is 31.2 Å². The SMILES string of the molecule is Cc1ccccc1NC(=O)[C@H](C)Sc1ccc([N+](=O)[O-])cc1. The number of anilines is 1. The Bertz CT molecular complexity index is 686. The molecular formula is C16H16N2O3S. The number of amides is 1. The Balaban J connectivity index is 1.99. The van der Waals surface area contributed by atoms with Crippen molar-refractivity contribution in [1.29, 1.82) is 0 Å². The van der Waals surface area contributed by atoms with Crippen molar-refractivity contribution < 1.29 is 9.72 Å². The molecule has 6 heteroatoms. The summed E-state index contributed by atoms with van der Waals surface area (Å²) in [5.74, 6) is -0.0994. The summed E-state index contributed by atoms with van der Waals surface area (Å²) in [5, 5.41) is 13.2. The second kappa shape index (κ2) is 7.09. The molecule has 2 rings (SSSR count). The van der Waals surface area contributed by atoms with Gasteiger partial charge in [-0.15, -0.1) is 11.8 Å². The molecule has 0 fully saturated rings. The average molecular weight is 316 g/mol. The highest BCUT2D eigenvalue weighted by Crippen LogP contribution is 2.26. The topological polar surface area (TPSA) is 72.2 Å². The molecule has 0 radical (unpaired) electrons. The number of nitro groups is 1. The van der Waals surface area contributed by atoms with Gasteiger partial charge in [0.2, 0.25) is 5.91 Å². The van der Waals surface area contributed by atoms with Gasteiger partial charge in [-0.05, 0) is 37.6 Å². The minimum atomic E-state index is -0.442. The predicted molar refractivity (Wildman–Crippen MR) is 88.2 cm³/mol. The molecule has 114 valence electrons. The molecule has 2 aromatic carbocycles. The molecule has 1 atom stereocenters. The number of para-hydroxylation sites is 1. The Kier molecular flexibility index (Phi) is 5.16. The summed E-state index contributed by atoms with van der Waals surface area (Å²) < 4.78 is 0. The lowest BCUT2D eigenvalue weighted by Crippen LogP contribution is -2.22. The second-order valence-corrected chi connectivity index (χ2v) is 6.23. The van der Waals surface area contributed by atoms with Crippen LogP contribution in [-0.4, -0.2) is 16.1 Å². The lowest BCUT2D eigenvalue weighted by molar-refractivity contribution is -0.384.